The van der Waals surface area contributed by atoms with Crippen LogP contribution in [-0.4, -0.2) is 59.9 Å². The smallest absolute Gasteiger partial charge is 0.235 e. The van der Waals surface area contributed by atoms with Crippen molar-refractivity contribution in [1.82, 2.24) is 20.7 Å². The van der Waals surface area contributed by atoms with Crippen molar-refractivity contribution in [3.05, 3.63) is 0 Å². The van der Waals surface area contributed by atoms with Crippen LogP contribution >= 0.6 is 0 Å². The fourth-order valence-electron chi connectivity index (χ4n) is 2.53. The van der Waals surface area contributed by atoms with E-state index in [1.54, 1.807) is 0 Å². The second-order valence-electron chi connectivity index (χ2n) is 5.32. The molecular weight excluding hydrogens is 260 g/mol. The standard InChI is InChI=1S/C12H26N6O2/c1-9-7-18(6-4-12(20)16-14)10(2)8-17(9)5-3-11(19)15-13/h9-10H,3-8,13-14H2,1-2H3,(H,15,19)(H,16,20). The van der Waals surface area contributed by atoms with E-state index in [1.165, 1.54) is 0 Å². The fraction of sp³-hybridized carbons (Fsp3) is 0.833. The van der Waals surface area contributed by atoms with E-state index in [9.17, 15) is 9.59 Å². The topological polar surface area (TPSA) is 117 Å². The molecule has 20 heavy (non-hydrogen) atoms. The summed E-state index contributed by atoms with van der Waals surface area (Å²) < 4.78 is 0. The number of hydrazine groups is 2. The maximum atomic E-state index is 11.2. The molecule has 0 aromatic rings. The second kappa shape index (κ2) is 8.15. The zero-order valence-corrected chi connectivity index (χ0v) is 12.3. The molecule has 0 aromatic carbocycles. The molecule has 0 aromatic heterocycles. The predicted octanol–water partition coefficient (Wildman–Crippen LogP) is -1.86. The first kappa shape index (κ1) is 16.8. The Morgan fingerprint density at radius 1 is 0.950 bits per heavy atom. The van der Waals surface area contributed by atoms with Gasteiger partial charge >= 0.3 is 0 Å². The van der Waals surface area contributed by atoms with Gasteiger partial charge < -0.3 is 0 Å². The molecule has 0 radical (unpaired) electrons. The van der Waals surface area contributed by atoms with Gasteiger partial charge in [0.1, 0.15) is 0 Å². The van der Waals surface area contributed by atoms with Gasteiger partial charge in [0.2, 0.25) is 11.8 Å². The van der Waals surface area contributed by atoms with E-state index in [0.29, 0.717) is 38.0 Å². The van der Waals surface area contributed by atoms with Crippen molar-refractivity contribution in [2.75, 3.05) is 26.2 Å². The number of hydrogen-bond acceptors (Lipinski definition) is 6. The van der Waals surface area contributed by atoms with Gasteiger partial charge in [-0.25, -0.2) is 11.7 Å². The van der Waals surface area contributed by atoms with Crippen LogP contribution in [0.1, 0.15) is 26.7 Å². The first-order valence-electron chi connectivity index (χ1n) is 6.95. The van der Waals surface area contributed by atoms with Gasteiger partial charge in [-0.3, -0.25) is 30.2 Å². The van der Waals surface area contributed by atoms with Crippen molar-refractivity contribution in [2.24, 2.45) is 11.7 Å². The molecule has 1 saturated heterocycles. The first-order valence-corrected chi connectivity index (χ1v) is 6.95. The van der Waals surface area contributed by atoms with E-state index >= 15 is 0 Å². The summed E-state index contributed by atoms with van der Waals surface area (Å²) >= 11 is 0. The molecule has 1 rings (SSSR count). The average molecular weight is 286 g/mol. The lowest BCUT2D eigenvalue weighted by atomic mass is 10.1. The predicted molar refractivity (Wildman–Crippen MR) is 76.0 cm³/mol. The Hall–Kier alpha value is -1.22. The molecule has 1 heterocycles. The van der Waals surface area contributed by atoms with Gasteiger partial charge in [0, 0.05) is 51.1 Å². The third-order valence-corrected chi connectivity index (χ3v) is 3.82. The second-order valence-corrected chi connectivity index (χ2v) is 5.32. The van der Waals surface area contributed by atoms with E-state index in [0.717, 1.165) is 13.1 Å². The number of piperazine rings is 1. The summed E-state index contributed by atoms with van der Waals surface area (Å²) in [6, 6.07) is 0.690. The number of nitrogens with zero attached hydrogens (tertiary/aromatic N) is 2. The molecule has 1 fully saturated rings. The van der Waals surface area contributed by atoms with E-state index < -0.39 is 0 Å². The normalized spacial score (nSPS) is 24.4. The van der Waals surface area contributed by atoms with Gasteiger partial charge in [-0.15, -0.1) is 0 Å². The SMILES string of the molecule is CC1CN(CCC(=O)NN)C(C)CN1CCC(=O)NN. The quantitative estimate of drug-likeness (QED) is 0.258. The monoisotopic (exact) mass is 286 g/mol. The van der Waals surface area contributed by atoms with Crippen LogP contribution in [0.5, 0.6) is 0 Å². The molecule has 0 aliphatic carbocycles. The van der Waals surface area contributed by atoms with Crippen LogP contribution in [0.4, 0.5) is 0 Å². The highest BCUT2D eigenvalue weighted by Gasteiger charge is 2.28. The van der Waals surface area contributed by atoms with Gasteiger partial charge in [-0.05, 0) is 13.8 Å². The van der Waals surface area contributed by atoms with E-state index in [4.69, 9.17) is 11.7 Å². The Balaban J connectivity index is 2.40. The van der Waals surface area contributed by atoms with Crippen LogP contribution in [0.3, 0.4) is 0 Å². The average Bonchev–Trinajstić information content (AvgIpc) is 2.45. The van der Waals surface area contributed by atoms with Crippen LogP contribution in [0.2, 0.25) is 0 Å². The maximum absolute atomic E-state index is 11.2. The molecule has 1 aliphatic rings. The van der Waals surface area contributed by atoms with Crippen molar-refractivity contribution < 1.29 is 9.59 Å². The lowest BCUT2D eigenvalue weighted by molar-refractivity contribution is -0.123. The minimum Gasteiger partial charge on any atom is -0.297 e. The van der Waals surface area contributed by atoms with Gasteiger partial charge in [-0.1, -0.05) is 0 Å². The number of carbonyl (C=O) groups excluding carboxylic acids is 2. The number of amides is 2. The van der Waals surface area contributed by atoms with Crippen LogP contribution < -0.4 is 22.5 Å². The highest BCUT2D eigenvalue weighted by Crippen LogP contribution is 2.15. The maximum Gasteiger partial charge on any atom is 0.235 e. The molecule has 8 nitrogen and oxygen atoms in total. The summed E-state index contributed by atoms with van der Waals surface area (Å²) in [7, 11) is 0. The van der Waals surface area contributed by atoms with Crippen LogP contribution in [0.15, 0.2) is 0 Å². The van der Waals surface area contributed by atoms with E-state index in [-0.39, 0.29) is 11.8 Å². The lowest BCUT2D eigenvalue weighted by Gasteiger charge is -2.44. The molecule has 0 spiro atoms. The lowest BCUT2D eigenvalue weighted by Crippen LogP contribution is -2.57. The van der Waals surface area contributed by atoms with Gasteiger partial charge in [0.15, 0.2) is 0 Å². The van der Waals surface area contributed by atoms with Crippen molar-refractivity contribution in [3.63, 3.8) is 0 Å². The van der Waals surface area contributed by atoms with Gasteiger partial charge in [0.25, 0.3) is 0 Å². The Morgan fingerprint density at radius 2 is 1.30 bits per heavy atom. The van der Waals surface area contributed by atoms with Gasteiger partial charge in [-0.2, -0.15) is 0 Å². The molecule has 0 saturated carbocycles. The van der Waals surface area contributed by atoms with Crippen molar-refractivity contribution in [2.45, 2.75) is 38.8 Å². The number of hydrogen-bond donors (Lipinski definition) is 4. The number of nitrogens with one attached hydrogen (secondary N) is 2. The van der Waals surface area contributed by atoms with Crippen LogP contribution in [-0.2, 0) is 9.59 Å². The third-order valence-electron chi connectivity index (χ3n) is 3.82. The molecule has 1 aliphatic heterocycles. The first-order chi connectivity index (χ1) is 9.47. The molecular formula is C12H26N6O2. The van der Waals surface area contributed by atoms with Crippen molar-refractivity contribution >= 4 is 11.8 Å². The molecule has 2 atom stereocenters. The Morgan fingerprint density at radius 3 is 1.60 bits per heavy atom. The summed E-state index contributed by atoms with van der Waals surface area (Å²) in [4.78, 5) is 26.9. The third kappa shape index (κ3) is 5.04. The molecule has 116 valence electrons. The molecule has 2 unspecified atom stereocenters. The van der Waals surface area contributed by atoms with E-state index in [1.807, 2.05) is 0 Å². The zero-order valence-electron chi connectivity index (χ0n) is 12.3. The highest BCUT2D eigenvalue weighted by atomic mass is 16.2. The molecule has 2 amide bonds. The molecule has 6 N–H and O–H groups in total. The summed E-state index contributed by atoms with van der Waals surface area (Å²) in [5.41, 5.74) is 4.29. The van der Waals surface area contributed by atoms with Crippen LogP contribution in [0, 0.1) is 0 Å². The highest BCUT2D eigenvalue weighted by molar-refractivity contribution is 5.75. The van der Waals surface area contributed by atoms with Gasteiger partial charge in [0.05, 0.1) is 0 Å². The summed E-state index contributed by atoms with van der Waals surface area (Å²) in [6.07, 6.45) is 0.812. The minimum atomic E-state index is -0.146. The largest absolute Gasteiger partial charge is 0.297 e. The Bertz CT molecular complexity index is 306. The van der Waals surface area contributed by atoms with Crippen molar-refractivity contribution in [1.29, 1.82) is 0 Å². The zero-order chi connectivity index (χ0) is 15.1. The Labute approximate surface area is 119 Å². The number of nitrogens with two attached hydrogens (primary N) is 2. The molecule has 0 bridgehead atoms. The Kier molecular flexibility index (Phi) is 6.86. The van der Waals surface area contributed by atoms with E-state index in [2.05, 4.69) is 34.5 Å². The summed E-state index contributed by atoms with van der Waals surface area (Å²) in [6.45, 7) is 7.41. The summed E-state index contributed by atoms with van der Waals surface area (Å²) in [5, 5.41) is 0. The van der Waals surface area contributed by atoms with Crippen LogP contribution in [0.25, 0.3) is 0 Å². The summed E-state index contributed by atoms with van der Waals surface area (Å²) in [5.74, 6) is 9.86. The number of rotatable bonds is 6. The van der Waals surface area contributed by atoms with Crippen molar-refractivity contribution in [3.8, 4) is 0 Å². The minimum absolute atomic E-state index is 0.146. The molecule has 8 heteroatoms. The number of carbonyl (C=O) groups is 2. The fourth-order valence-corrected chi connectivity index (χ4v) is 2.53.